The molecule has 1 N–H and O–H groups in total. The zero-order valence-corrected chi connectivity index (χ0v) is 11.0. The van der Waals surface area contributed by atoms with E-state index < -0.39 is 0 Å². The Morgan fingerprint density at radius 3 is 3.00 bits per heavy atom. The van der Waals surface area contributed by atoms with Crippen LogP contribution in [-0.4, -0.2) is 16.3 Å². The summed E-state index contributed by atoms with van der Waals surface area (Å²) < 4.78 is 2.01. The second kappa shape index (κ2) is 4.58. The normalized spacial score (nSPS) is 18.7. The van der Waals surface area contributed by atoms with E-state index in [4.69, 9.17) is 0 Å². The lowest BCUT2D eigenvalue weighted by molar-refractivity contribution is 0.524. The van der Waals surface area contributed by atoms with E-state index in [1.54, 1.807) is 0 Å². The Morgan fingerprint density at radius 2 is 2.22 bits per heavy atom. The summed E-state index contributed by atoms with van der Waals surface area (Å²) in [5.41, 5.74) is 5.35. The van der Waals surface area contributed by atoms with Crippen LogP contribution in [0.5, 0.6) is 0 Å². The van der Waals surface area contributed by atoms with Crippen molar-refractivity contribution >= 4 is 0 Å². The van der Waals surface area contributed by atoms with Gasteiger partial charge in [-0.3, -0.25) is 4.68 Å². The summed E-state index contributed by atoms with van der Waals surface area (Å²) in [6, 6.07) is 11.0. The molecule has 3 nitrogen and oxygen atoms in total. The molecule has 1 atom stereocenters. The number of hydrogen-bond acceptors (Lipinski definition) is 2. The van der Waals surface area contributed by atoms with Crippen LogP contribution in [-0.2, 0) is 20.0 Å². The molecule has 0 saturated carbocycles. The van der Waals surface area contributed by atoms with Gasteiger partial charge in [0.05, 0.1) is 5.69 Å². The quantitative estimate of drug-likeness (QED) is 0.873. The van der Waals surface area contributed by atoms with Gasteiger partial charge in [-0.2, -0.15) is 5.10 Å². The molecule has 2 heterocycles. The van der Waals surface area contributed by atoms with Gasteiger partial charge in [0.2, 0.25) is 0 Å². The van der Waals surface area contributed by atoms with Crippen molar-refractivity contribution in [2.45, 2.75) is 25.8 Å². The maximum atomic E-state index is 4.43. The Bertz CT molecular complexity index is 557. The van der Waals surface area contributed by atoms with E-state index in [2.05, 4.69) is 47.7 Å². The summed E-state index contributed by atoms with van der Waals surface area (Å²) in [7, 11) is 2.03. The summed E-state index contributed by atoms with van der Waals surface area (Å²) in [6.45, 7) is 4.11. The maximum absolute atomic E-state index is 4.43. The highest BCUT2D eigenvalue weighted by Gasteiger charge is 2.20. The summed E-state index contributed by atoms with van der Waals surface area (Å²) in [4.78, 5) is 0. The van der Waals surface area contributed by atoms with Crippen molar-refractivity contribution in [2.75, 3.05) is 6.54 Å². The minimum absolute atomic E-state index is 0.560. The van der Waals surface area contributed by atoms with E-state index in [0.717, 1.165) is 25.2 Å². The summed E-state index contributed by atoms with van der Waals surface area (Å²) >= 11 is 0. The van der Waals surface area contributed by atoms with Crippen LogP contribution in [0.4, 0.5) is 0 Å². The molecule has 0 spiro atoms. The van der Waals surface area contributed by atoms with Gasteiger partial charge in [0, 0.05) is 31.7 Å². The molecule has 94 valence electrons. The van der Waals surface area contributed by atoms with Crippen molar-refractivity contribution < 1.29 is 0 Å². The van der Waals surface area contributed by atoms with Gasteiger partial charge < -0.3 is 5.32 Å². The van der Waals surface area contributed by atoms with E-state index >= 15 is 0 Å². The molecule has 1 aromatic heterocycles. The van der Waals surface area contributed by atoms with Crippen LogP contribution in [0.2, 0.25) is 0 Å². The molecule has 0 aliphatic carbocycles. The SMILES string of the molecule is Cc1cc(CC2CNCc3ccccc32)n(C)n1. The lowest BCUT2D eigenvalue weighted by Crippen LogP contribution is -2.29. The molecule has 1 aliphatic rings. The van der Waals surface area contributed by atoms with E-state index in [0.29, 0.717) is 5.92 Å². The van der Waals surface area contributed by atoms with E-state index in [1.807, 2.05) is 11.7 Å². The molecule has 3 rings (SSSR count). The molecular weight excluding hydrogens is 222 g/mol. The van der Waals surface area contributed by atoms with Gasteiger partial charge in [-0.25, -0.2) is 0 Å². The molecule has 2 aromatic rings. The molecule has 0 fully saturated rings. The number of rotatable bonds is 2. The first-order chi connectivity index (χ1) is 8.74. The zero-order chi connectivity index (χ0) is 12.5. The molecular formula is C15H19N3. The average Bonchev–Trinajstić information content (AvgIpc) is 2.68. The Morgan fingerprint density at radius 1 is 1.39 bits per heavy atom. The molecule has 1 aromatic carbocycles. The Kier molecular flexibility index (Phi) is 2.92. The third-order valence-electron chi connectivity index (χ3n) is 3.76. The minimum atomic E-state index is 0.560. The standard InChI is InChI=1S/C15H19N3/c1-11-7-14(18(2)17-11)8-13-10-16-9-12-5-3-4-6-15(12)13/h3-7,13,16H,8-10H2,1-2H3. The number of benzene rings is 1. The van der Waals surface area contributed by atoms with Crippen LogP contribution in [0, 0.1) is 6.92 Å². The predicted molar refractivity (Wildman–Crippen MR) is 72.5 cm³/mol. The minimum Gasteiger partial charge on any atom is -0.312 e. The second-order valence-electron chi connectivity index (χ2n) is 5.13. The number of fused-ring (bicyclic) bond motifs is 1. The van der Waals surface area contributed by atoms with E-state index in [9.17, 15) is 0 Å². The van der Waals surface area contributed by atoms with Gasteiger partial charge in [0.15, 0.2) is 0 Å². The fourth-order valence-corrected chi connectivity index (χ4v) is 2.87. The van der Waals surface area contributed by atoms with E-state index in [-0.39, 0.29) is 0 Å². The van der Waals surface area contributed by atoms with Gasteiger partial charge in [-0.1, -0.05) is 24.3 Å². The van der Waals surface area contributed by atoms with Crippen molar-refractivity contribution in [3.8, 4) is 0 Å². The van der Waals surface area contributed by atoms with Gasteiger partial charge in [0.25, 0.3) is 0 Å². The number of aromatic nitrogens is 2. The highest BCUT2D eigenvalue weighted by Crippen LogP contribution is 2.27. The van der Waals surface area contributed by atoms with Crippen LogP contribution in [0.3, 0.4) is 0 Å². The summed E-state index contributed by atoms with van der Waals surface area (Å²) in [5.74, 6) is 0.560. The third-order valence-corrected chi connectivity index (χ3v) is 3.76. The Hall–Kier alpha value is -1.61. The van der Waals surface area contributed by atoms with Crippen LogP contribution >= 0.6 is 0 Å². The van der Waals surface area contributed by atoms with Crippen molar-refractivity contribution in [3.63, 3.8) is 0 Å². The molecule has 0 amide bonds. The number of hydrogen-bond donors (Lipinski definition) is 1. The van der Waals surface area contributed by atoms with Crippen LogP contribution in [0.15, 0.2) is 30.3 Å². The van der Waals surface area contributed by atoms with Gasteiger partial charge in [-0.05, 0) is 30.5 Å². The van der Waals surface area contributed by atoms with Crippen molar-refractivity contribution in [1.82, 2.24) is 15.1 Å². The highest BCUT2D eigenvalue weighted by atomic mass is 15.3. The van der Waals surface area contributed by atoms with Crippen molar-refractivity contribution in [3.05, 3.63) is 52.8 Å². The van der Waals surface area contributed by atoms with E-state index in [1.165, 1.54) is 16.8 Å². The Labute approximate surface area is 108 Å². The van der Waals surface area contributed by atoms with Gasteiger partial charge >= 0.3 is 0 Å². The first-order valence-electron chi connectivity index (χ1n) is 6.52. The number of nitrogens with one attached hydrogen (secondary N) is 1. The molecule has 1 aliphatic heterocycles. The van der Waals surface area contributed by atoms with Gasteiger partial charge in [0.1, 0.15) is 0 Å². The second-order valence-corrected chi connectivity index (χ2v) is 5.13. The summed E-state index contributed by atoms with van der Waals surface area (Å²) in [5, 5.41) is 7.94. The lowest BCUT2D eigenvalue weighted by Gasteiger charge is -2.26. The zero-order valence-electron chi connectivity index (χ0n) is 11.0. The third kappa shape index (κ3) is 2.06. The molecule has 3 heteroatoms. The first-order valence-corrected chi connectivity index (χ1v) is 6.52. The fourth-order valence-electron chi connectivity index (χ4n) is 2.87. The van der Waals surface area contributed by atoms with Crippen molar-refractivity contribution in [2.24, 2.45) is 7.05 Å². The molecule has 0 saturated heterocycles. The maximum Gasteiger partial charge on any atom is 0.0596 e. The van der Waals surface area contributed by atoms with Crippen LogP contribution < -0.4 is 5.32 Å². The largest absolute Gasteiger partial charge is 0.312 e. The predicted octanol–water partition coefficient (Wildman–Crippen LogP) is 2.16. The smallest absolute Gasteiger partial charge is 0.0596 e. The van der Waals surface area contributed by atoms with Crippen LogP contribution in [0.1, 0.15) is 28.4 Å². The molecule has 0 bridgehead atoms. The number of aryl methyl sites for hydroxylation is 2. The lowest BCUT2D eigenvalue weighted by atomic mass is 9.87. The number of nitrogens with zero attached hydrogens (tertiary/aromatic N) is 2. The highest BCUT2D eigenvalue weighted by molar-refractivity contribution is 5.33. The Balaban J connectivity index is 1.88. The average molecular weight is 241 g/mol. The fraction of sp³-hybridized carbons (Fsp3) is 0.400. The molecule has 18 heavy (non-hydrogen) atoms. The first kappa shape index (κ1) is 11.5. The van der Waals surface area contributed by atoms with Crippen LogP contribution in [0.25, 0.3) is 0 Å². The monoisotopic (exact) mass is 241 g/mol. The topological polar surface area (TPSA) is 29.9 Å². The summed E-state index contributed by atoms with van der Waals surface area (Å²) in [6.07, 6.45) is 1.06. The van der Waals surface area contributed by atoms with Crippen molar-refractivity contribution in [1.29, 1.82) is 0 Å². The molecule has 1 unspecified atom stereocenters. The molecule has 0 radical (unpaired) electrons. The van der Waals surface area contributed by atoms with Gasteiger partial charge in [-0.15, -0.1) is 0 Å².